The van der Waals surface area contributed by atoms with Crippen LogP contribution in [0.1, 0.15) is 0 Å². The number of hydrogen-bond acceptors (Lipinski definition) is 9. The van der Waals surface area contributed by atoms with E-state index < -0.39 is 55.5 Å². The Hall–Kier alpha value is -0.180. The van der Waals surface area contributed by atoms with Gasteiger partial charge in [0.25, 0.3) is 0 Å². The largest absolute Gasteiger partial charge is 0.472 e. The quantitative estimate of drug-likeness (QED) is 0.208. The molecule has 0 radical (unpaired) electrons. The van der Waals surface area contributed by atoms with Crippen molar-refractivity contribution in [3.05, 3.63) is 0 Å². The molecular weight excluding hydrogens is 327 g/mol. The van der Waals surface area contributed by atoms with Crippen LogP contribution in [0.3, 0.4) is 0 Å². The summed E-state index contributed by atoms with van der Waals surface area (Å²) >= 11 is 0. The van der Waals surface area contributed by atoms with E-state index in [9.17, 15) is 23.2 Å². The van der Waals surface area contributed by atoms with Gasteiger partial charge in [-0.1, -0.05) is 0 Å². The van der Waals surface area contributed by atoms with Gasteiger partial charge in [0.05, 0.1) is 6.61 Å². The average molecular weight is 340 g/mol. The number of rotatable bonds is 6. The van der Waals surface area contributed by atoms with Gasteiger partial charge in [0.1, 0.15) is 18.3 Å². The molecule has 0 aromatic heterocycles. The van der Waals surface area contributed by atoms with Gasteiger partial charge in [-0.25, -0.2) is 8.75 Å². The maximum atomic E-state index is 10.7. The third-order valence-corrected chi connectivity index (χ3v) is 3.22. The van der Waals surface area contributed by atoms with Crippen molar-refractivity contribution in [2.75, 3.05) is 6.61 Å². The van der Waals surface area contributed by atoms with Crippen LogP contribution in [0.2, 0.25) is 0 Å². The van der Waals surface area contributed by atoms with Crippen molar-refractivity contribution < 1.29 is 56.1 Å². The molecule has 0 aromatic rings. The van der Waals surface area contributed by atoms with Crippen LogP contribution < -0.4 is 0 Å². The maximum absolute atomic E-state index is 10.7. The van der Waals surface area contributed by atoms with Gasteiger partial charge in [0.15, 0.2) is 12.4 Å². The minimum absolute atomic E-state index is 0.900. The summed E-state index contributed by atoms with van der Waals surface area (Å²) in [5.41, 5.74) is 0. The molecule has 14 heteroatoms. The van der Waals surface area contributed by atoms with Crippen molar-refractivity contribution in [3.8, 4) is 0 Å². The molecule has 0 bridgehead atoms. The second kappa shape index (κ2) is 6.29. The summed E-state index contributed by atoms with van der Waals surface area (Å²) in [6.45, 7) is -0.900. The first-order valence-corrected chi connectivity index (χ1v) is 7.86. The molecule has 1 saturated heterocycles. The molecule has 120 valence electrons. The topological polar surface area (TPSA) is 200 Å². The molecule has 12 nitrogen and oxygen atoms in total. The van der Waals surface area contributed by atoms with Crippen molar-refractivity contribution in [1.29, 1.82) is 0 Å². The molecule has 0 spiro atoms. The summed E-state index contributed by atoms with van der Waals surface area (Å²) < 4.78 is 53.1. The molecule has 0 amide bonds. The highest BCUT2D eigenvalue weighted by atomic mass is 32.3. The summed E-state index contributed by atoms with van der Waals surface area (Å²) in [6, 6.07) is 0. The third kappa shape index (κ3) is 4.98. The van der Waals surface area contributed by atoms with Crippen molar-refractivity contribution >= 4 is 18.2 Å². The fourth-order valence-electron chi connectivity index (χ4n) is 1.55. The second-order valence-electron chi connectivity index (χ2n) is 3.79. The van der Waals surface area contributed by atoms with Crippen LogP contribution >= 0.6 is 7.82 Å². The molecule has 0 aliphatic carbocycles. The lowest BCUT2D eigenvalue weighted by Gasteiger charge is -2.19. The molecule has 1 rings (SSSR count). The summed E-state index contributed by atoms with van der Waals surface area (Å²) in [4.78, 5) is 17.2. The van der Waals surface area contributed by atoms with Crippen LogP contribution in [0.25, 0.3) is 0 Å². The molecule has 20 heavy (non-hydrogen) atoms. The first-order chi connectivity index (χ1) is 8.94. The Bertz CT molecular complexity index is 470. The highest BCUT2D eigenvalue weighted by molar-refractivity contribution is 7.80. The predicted molar refractivity (Wildman–Crippen MR) is 57.3 cm³/mol. The fourth-order valence-corrected chi connectivity index (χ4v) is 2.47. The van der Waals surface area contributed by atoms with E-state index in [0.29, 0.717) is 0 Å². The van der Waals surface area contributed by atoms with E-state index in [4.69, 9.17) is 19.4 Å². The summed E-state index contributed by atoms with van der Waals surface area (Å²) in [6.07, 6.45) is -9.45. The molecule has 1 fully saturated rings. The van der Waals surface area contributed by atoms with Crippen LogP contribution in [0.15, 0.2) is 0 Å². The van der Waals surface area contributed by atoms with Crippen LogP contribution in [-0.4, -0.2) is 75.4 Å². The fraction of sp³-hybridized carbons (Fsp3) is 1.00. The monoisotopic (exact) mass is 340 g/mol. The van der Waals surface area contributed by atoms with Gasteiger partial charge >= 0.3 is 18.2 Å². The van der Waals surface area contributed by atoms with Gasteiger partial charge in [-0.15, -0.1) is 0 Å². The molecule has 5 atom stereocenters. The van der Waals surface area contributed by atoms with Crippen LogP contribution in [0.4, 0.5) is 0 Å². The van der Waals surface area contributed by atoms with E-state index >= 15 is 0 Å². The minimum Gasteiger partial charge on any atom is -0.394 e. The lowest BCUT2D eigenvalue weighted by molar-refractivity contribution is -0.142. The maximum Gasteiger partial charge on any atom is 0.472 e. The molecule has 1 aliphatic heterocycles. The zero-order valence-corrected chi connectivity index (χ0v) is 11.3. The van der Waals surface area contributed by atoms with E-state index in [0.717, 1.165) is 0 Å². The van der Waals surface area contributed by atoms with Gasteiger partial charge in [-0.05, 0) is 0 Å². The van der Waals surface area contributed by atoms with E-state index in [-0.39, 0.29) is 0 Å². The Labute approximate surface area is 112 Å². The van der Waals surface area contributed by atoms with Crippen LogP contribution in [0, 0.1) is 0 Å². The SMILES string of the molecule is O=P(O)(O)OC1O[C@H]([C@H](O)CO)[C@H](O)[C@@H]1OS(=O)(=O)O. The summed E-state index contributed by atoms with van der Waals surface area (Å²) in [5.74, 6) is 0. The smallest absolute Gasteiger partial charge is 0.394 e. The zero-order valence-electron chi connectivity index (χ0n) is 9.58. The number of aliphatic hydroxyl groups excluding tert-OH is 3. The molecule has 1 heterocycles. The highest BCUT2D eigenvalue weighted by Crippen LogP contribution is 2.42. The lowest BCUT2D eigenvalue weighted by atomic mass is 10.1. The summed E-state index contributed by atoms with van der Waals surface area (Å²) in [7, 11) is -10.2. The third-order valence-electron chi connectivity index (χ3n) is 2.27. The van der Waals surface area contributed by atoms with E-state index in [1.165, 1.54) is 0 Å². The van der Waals surface area contributed by atoms with Crippen molar-refractivity contribution in [2.45, 2.75) is 30.7 Å². The van der Waals surface area contributed by atoms with E-state index in [1.54, 1.807) is 0 Å². The minimum atomic E-state index is -5.15. The molecule has 1 unspecified atom stereocenters. The number of phosphoric acid groups is 1. The van der Waals surface area contributed by atoms with Crippen molar-refractivity contribution in [2.24, 2.45) is 0 Å². The van der Waals surface area contributed by atoms with Crippen molar-refractivity contribution in [1.82, 2.24) is 0 Å². The normalized spacial score (nSPS) is 33.3. The first kappa shape index (κ1) is 17.9. The van der Waals surface area contributed by atoms with Gasteiger partial charge in [-0.2, -0.15) is 8.42 Å². The molecular formula is C6H13O12PS. The molecule has 0 aromatic carbocycles. The van der Waals surface area contributed by atoms with Crippen molar-refractivity contribution in [3.63, 3.8) is 0 Å². The van der Waals surface area contributed by atoms with E-state index in [1.807, 2.05) is 0 Å². The van der Waals surface area contributed by atoms with Crippen LogP contribution in [0.5, 0.6) is 0 Å². The van der Waals surface area contributed by atoms with Crippen LogP contribution in [-0.2, 0) is 28.4 Å². The van der Waals surface area contributed by atoms with Gasteiger partial charge in [0, 0.05) is 0 Å². The zero-order chi connectivity index (χ0) is 15.7. The second-order valence-corrected chi connectivity index (χ2v) is 6.03. The molecule has 6 N–H and O–H groups in total. The Morgan fingerprint density at radius 2 is 1.90 bits per heavy atom. The van der Waals surface area contributed by atoms with Gasteiger partial charge in [-0.3, -0.25) is 9.08 Å². The highest BCUT2D eigenvalue weighted by Gasteiger charge is 2.51. The van der Waals surface area contributed by atoms with E-state index in [2.05, 4.69) is 13.4 Å². The Morgan fingerprint density at radius 3 is 2.30 bits per heavy atom. The Balaban J connectivity index is 2.97. The predicted octanol–water partition coefficient (Wildman–Crippen LogP) is -3.28. The average Bonchev–Trinajstić information content (AvgIpc) is 2.52. The molecule has 0 saturated carbocycles. The Morgan fingerprint density at radius 1 is 1.35 bits per heavy atom. The van der Waals surface area contributed by atoms with Gasteiger partial charge in [0.2, 0.25) is 0 Å². The Kier molecular flexibility index (Phi) is 5.62. The number of phosphoric ester groups is 1. The molecule has 1 aliphatic rings. The lowest BCUT2D eigenvalue weighted by Crippen LogP contribution is -2.42. The van der Waals surface area contributed by atoms with Gasteiger partial charge < -0.3 is 29.8 Å². The first-order valence-electron chi connectivity index (χ1n) is 4.96. The standard InChI is InChI=1S/C6H13O12PS/c7-1-2(8)4-3(9)5(18-20(13,14)15)6(16-4)17-19(10,11)12/h2-9H,1H2,(H2,10,11,12)(H,13,14,15)/t2-,3+,4-,5+,6?/m1/s1. The number of ether oxygens (including phenoxy) is 1. The number of hydrogen-bond donors (Lipinski definition) is 6. The number of aliphatic hydroxyl groups is 3. The summed E-state index contributed by atoms with van der Waals surface area (Å²) in [5, 5.41) is 27.7.